The van der Waals surface area contributed by atoms with Crippen molar-refractivity contribution in [2.24, 2.45) is 11.8 Å². The number of hydrogen-bond donors (Lipinski definition) is 1. The van der Waals surface area contributed by atoms with Gasteiger partial charge in [-0.2, -0.15) is 0 Å². The molecule has 0 bridgehead atoms. The predicted molar refractivity (Wildman–Crippen MR) is 80.2 cm³/mol. The van der Waals surface area contributed by atoms with Crippen LogP contribution >= 0.6 is 0 Å². The van der Waals surface area contributed by atoms with Gasteiger partial charge in [0.15, 0.2) is 0 Å². The van der Waals surface area contributed by atoms with E-state index in [9.17, 15) is 8.78 Å². The minimum Gasteiger partial charge on any atom is -0.375 e. The van der Waals surface area contributed by atoms with Crippen LogP contribution in [0.2, 0.25) is 0 Å². The van der Waals surface area contributed by atoms with E-state index in [-0.39, 0.29) is 24.1 Å². The molecule has 0 saturated carbocycles. The molecule has 5 unspecified atom stereocenters. The zero-order valence-electron chi connectivity index (χ0n) is 13.2. The molecule has 5 atom stereocenters. The van der Waals surface area contributed by atoms with Crippen molar-refractivity contribution in [1.82, 2.24) is 5.32 Å². The summed E-state index contributed by atoms with van der Waals surface area (Å²) >= 11 is 0. The van der Waals surface area contributed by atoms with Crippen LogP contribution in [0.5, 0.6) is 0 Å². The summed E-state index contributed by atoms with van der Waals surface area (Å²) in [6.07, 6.45) is 0.798. The number of hydrogen-bond acceptors (Lipinski definition) is 2. The molecule has 0 aliphatic carbocycles. The van der Waals surface area contributed by atoms with Crippen LogP contribution in [-0.4, -0.2) is 24.8 Å². The van der Waals surface area contributed by atoms with Crippen LogP contribution in [0.3, 0.4) is 0 Å². The minimum absolute atomic E-state index is 0.0845. The van der Waals surface area contributed by atoms with Gasteiger partial charge in [0.2, 0.25) is 0 Å². The van der Waals surface area contributed by atoms with E-state index in [4.69, 9.17) is 4.74 Å². The summed E-state index contributed by atoms with van der Waals surface area (Å²) < 4.78 is 33.2. The second-order valence-electron chi connectivity index (χ2n) is 6.09. The third kappa shape index (κ3) is 3.61. The van der Waals surface area contributed by atoms with E-state index in [0.29, 0.717) is 23.8 Å². The van der Waals surface area contributed by atoms with Gasteiger partial charge in [-0.15, -0.1) is 0 Å². The molecule has 1 heterocycles. The number of halogens is 2. The molecule has 1 fully saturated rings. The van der Waals surface area contributed by atoms with Gasteiger partial charge in [0.05, 0.1) is 12.2 Å². The van der Waals surface area contributed by atoms with Crippen LogP contribution in [0, 0.1) is 23.5 Å². The summed E-state index contributed by atoms with van der Waals surface area (Å²) in [4.78, 5) is 0. The molecular formula is C17H25F2NO. The summed E-state index contributed by atoms with van der Waals surface area (Å²) in [7, 11) is 0. The van der Waals surface area contributed by atoms with Gasteiger partial charge >= 0.3 is 0 Å². The van der Waals surface area contributed by atoms with Crippen LogP contribution in [0.1, 0.15) is 33.3 Å². The average Bonchev–Trinajstić information content (AvgIpc) is 2.67. The SMILES string of the molecule is CCNC(Cc1cc(F)ccc1F)C1C(C)OC(C)C1C. The molecule has 0 amide bonds. The molecule has 1 saturated heterocycles. The van der Waals surface area contributed by atoms with E-state index in [1.54, 1.807) is 0 Å². The third-order valence-electron chi connectivity index (χ3n) is 4.70. The molecule has 2 rings (SSSR count). The van der Waals surface area contributed by atoms with Crippen LogP contribution in [0.4, 0.5) is 8.78 Å². The first kappa shape index (κ1) is 16.4. The summed E-state index contributed by atoms with van der Waals surface area (Å²) in [6, 6.07) is 3.75. The Hall–Kier alpha value is -1.00. The quantitative estimate of drug-likeness (QED) is 0.897. The first-order valence-electron chi connectivity index (χ1n) is 7.76. The van der Waals surface area contributed by atoms with E-state index >= 15 is 0 Å². The van der Waals surface area contributed by atoms with Gasteiger partial charge in [0.25, 0.3) is 0 Å². The highest BCUT2D eigenvalue weighted by Gasteiger charge is 2.41. The lowest BCUT2D eigenvalue weighted by Crippen LogP contribution is -2.43. The van der Waals surface area contributed by atoms with E-state index in [2.05, 4.69) is 26.1 Å². The maximum absolute atomic E-state index is 13.9. The maximum Gasteiger partial charge on any atom is 0.126 e. The lowest BCUT2D eigenvalue weighted by atomic mass is 9.81. The molecular weight excluding hydrogens is 272 g/mol. The van der Waals surface area contributed by atoms with Crippen molar-refractivity contribution in [2.75, 3.05) is 6.54 Å². The van der Waals surface area contributed by atoms with Crippen molar-refractivity contribution in [3.8, 4) is 0 Å². The second kappa shape index (κ2) is 6.84. The highest BCUT2D eigenvalue weighted by atomic mass is 19.1. The van der Waals surface area contributed by atoms with Crippen molar-refractivity contribution in [3.05, 3.63) is 35.4 Å². The number of rotatable bonds is 5. The second-order valence-corrected chi connectivity index (χ2v) is 6.09. The lowest BCUT2D eigenvalue weighted by molar-refractivity contribution is 0.0476. The van der Waals surface area contributed by atoms with E-state index < -0.39 is 5.82 Å². The molecule has 4 heteroatoms. The molecule has 1 aromatic rings. The zero-order chi connectivity index (χ0) is 15.6. The standard InChI is InChI=1S/C17H25F2NO/c1-5-20-16(17-10(2)11(3)21-12(17)4)9-13-8-14(18)6-7-15(13)19/h6-8,10-12,16-17,20H,5,9H2,1-4H3. The molecule has 0 aromatic heterocycles. The Balaban J connectivity index is 2.21. The zero-order valence-corrected chi connectivity index (χ0v) is 13.2. The first-order valence-corrected chi connectivity index (χ1v) is 7.76. The Morgan fingerprint density at radius 3 is 2.48 bits per heavy atom. The molecule has 1 aliphatic heterocycles. The summed E-state index contributed by atoms with van der Waals surface area (Å²) in [5.41, 5.74) is 0.430. The number of nitrogens with one attached hydrogen (secondary N) is 1. The fraction of sp³-hybridized carbons (Fsp3) is 0.647. The molecule has 1 aliphatic rings. The predicted octanol–water partition coefficient (Wildman–Crippen LogP) is 3.54. The highest BCUT2D eigenvalue weighted by molar-refractivity contribution is 5.20. The van der Waals surface area contributed by atoms with Crippen molar-refractivity contribution in [3.63, 3.8) is 0 Å². The van der Waals surface area contributed by atoms with Crippen LogP contribution < -0.4 is 5.32 Å². The van der Waals surface area contributed by atoms with Crippen molar-refractivity contribution >= 4 is 0 Å². The fourth-order valence-corrected chi connectivity index (χ4v) is 3.53. The van der Waals surface area contributed by atoms with Gasteiger partial charge in [-0.1, -0.05) is 13.8 Å². The minimum atomic E-state index is -0.390. The summed E-state index contributed by atoms with van der Waals surface area (Å²) in [6.45, 7) is 9.14. The highest BCUT2D eigenvalue weighted by Crippen LogP contribution is 2.35. The Labute approximate surface area is 125 Å². The van der Waals surface area contributed by atoms with Gasteiger partial charge < -0.3 is 10.1 Å². The average molecular weight is 297 g/mol. The number of likely N-dealkylation sites (N-methyl/N-ethyl adjacent to an activating group) is 1. The molecule has 118 valence electrons. The number of ether oxygens (including phenoxy) is 1. The summed E-state index contributed by atoms with van der Waals surface area (Å²) in [5.74, 6) is -0.0475. The van der Waals surface area contributed by atoms with Crippen molar-refractivity contribution < 1.29 is 13.5 Å². The normalized spacial score (nSPS) is 30.6. The van der Waals surface area contributed by atoms with E-state index in [0.717, 1.165) is 12.6 Å². The Kier molecular flexibility index (Phi) is 5.33. The van der Waals surface area contributed by atoms with Gasteiger partial charge in [-0.25, -0.2) is 8.78 Å². The molecule has 0 radical (unpaired) electrons. The smallest absolute Gasteiger partial charge is 0.126 e. The maximum atomic E-state index is 13.9. The van der Waals surface area contributed by atoms with Crippen LogP contribution in [0.25, 0.3) is 0 Å². The van der Waals surface area contributed by atoms with E-state index in [1.165, 1.54) is 12.1 Å². The van der Waals surface area contributed by atoms with Crippen molar-refractivity contribution in [1.29, 1.82) is 0 Å². The van der Waals surface area contributed by atoms with Gasteiger partial charge in [0.1, 0.15) is 11.6 Å². The monoisotopic (exact) mass is 297 g/mol. The molecule has 21 heavy (non-hydrogen) atoms. The molecule has 0 spiro atoms. The Morgan fingerprint density at radius 2 is 1.90 bits per heavy atom. The third-order valence-corrected chi connectivity index (χ3v) is 4.70. The Bertz CT molecular complexity index is 480. The first-order chi connectivity index (χ1) is 9.93. The van der Waals surface area contributed by atoms with E-state index in [1.807, 2.05) is 6.92 Å². The van der Waals surface area contributed by atoms with Gasteiger partial charge in [-0.05, 0) is 56.5 Å². The molecule has 2 nitrogen and oxygen atoms in total. The van der Waals surface area contributed by atoms with Gasteiger partial charge in [0, 0.05) is 12.0 Å². The van der Waals surface area contributed by atoms with Crippen LogP contribution in [0.15, 0.2) is 18.2 Å². The van der Waals surface area contributed by atoms with Crippen molar-refractivity contribution in [2.45, 2.75) is 52.4 Å². The van der Waals surface area contributed by atoms with Gasteiger partial charge in [-0.3, -0.25) is 0 Å². The summed E-state index contributed by atoms with van der Waals surface area (Å²) in [5, 5.41) is 3.43. The fourth-order valence-electron chi connectivity index (χ4n) is 3.53. The largest absolute Gasteiger partial charge is 0.375 e. The lowest BCUT2D eigenvalue weighted by Gasteiger charge is -2.30. The molecule has 1 aromatic carbocycles. The molecule has 1 N–H and O–H groups in total. The topological polar surface area (TPSA) is 21.3 Å². The van der Waals surface area contributed by atoms with Crippen LogP contribution in [-0.2, 0) is 11.2 Å². The number of benzene rings is 1. The Morgan fingerprint density at radius 1 is 1.19 bits per heavy atom.